The lowest BCUT2D eigenvalue weighted by atomic mass is 9.84. The Morgan fingerprint density at radius 2 is 1.04 bits per heavy atom. The fourth-order valence-corrected chi connectivity index (χ4v) is 2.69. The van der Waals surface area contributed by atoms with E-state index in [4.69, 9.17) is 14.6 Å². The molecule has 1 aliphatic carbocycles. The minimum absolute atomic E-state index is 0.704. The number of aliphatic hydroxyl groups excluding tert-OH is 9. The summed E-state index contributed by atoms with van der Waals surface area (Å²) in [6.45, 7) is -0.704. The Morgan fingerprint density at radius 3 is 1.52 bits per heavy atom. The maximum absolute atomic E-state index is 9.85. The molecule has 23 heavy (non-hydrogen) atoms. The van der Waals surface area contributed by atoms with Crippen molar-refractivity contribution in [3.63, 3.8) is 0 Å². The van der Waals surface area contributed by atoms with Crippen molar-refractivity contribution in [2.24, 2.45) is 0 Å². The Balaban J connectivity index is 2.13. The van der Waals surface area contributed by atoms with E-state index in [9.17, 15) is 40.9 Å². The van der Waals surface area contributed by atoms with Crippen LogP contribution in [0.3, 0.4) is 0 Å². The first kappa shape index (κ1) is 18.9. The van der Waals surface area contributed by atoms with Gasteiger partial charge in [-0.25, -0.2) is 0 Å². The van der Waals surface area contributed by atoms with Crippen LogP contribution < -0.4 is 0 Å². The first-order chi connectivity index (χ1) is 10.7. The predicted molar refractivity (Wildman–Crippen MR) is 68.7 cm³/mol. The monoisotopic (exact) mass is 342 g/mol. The Bertz CT molecular complexity index is 377. The molecule has 1 aliphatic heterocycles. The summed E-state index contributed by atoms with van der Waals surface area (Å²) in [7, 11) is 0. The van der Waals surface area contributed by atoms with Gasteiger partial charge in [-0.05, 0) is 0 Å². The number of ether oxygens (including phenoxy) is 2. The molecule has 11 heteroatoms. The minimum atomic E-state index is -1.83. The molecule has 0 aromatic carbocycles. The highest BCUT2D eigenvalue weighted by atomic mass is 16.7. The Kier molecular flexibility index (Phi) is 5.92. The second kappa shape index (κ2) is 7.21. The number of hydrogen-bond donors (Lipinski definition) is 9. The third kappa shape index (κ3) is 3.36. The molecule has 1 saturated heterocycles. The third-order valence-electron chi connectivity index (χ3n) is 4.21. The average Bonchev–Trinajstić information content (AvgIpc) is 2.54. The molecular weight excluding hydrogens is 320 g/mol. The van der Waals surface area contributed by atoms with Crippen LogP contribution in [0.2, 0.25) is 0 Å². The van der Waals surface area contributed by atoms with Crippen LogP contribution in [-0.4, -0.2) is 120 Å². The van der Waals surface area contributed by atoms with Gasteiger partial charge in [0.25, 0.3) is 0 Å². The molecule has 2 rings (SSSR count). The highest BCUT2D eigenvalue weighted by molar-refractivity contribution is 5.00. The van der Waals surface area contributed by atoms with E-state index in [0.29, 0.717) is 0 Å². The predicted octanol–water partition coefficient (Wildman–Crippen LogP) is -6.01. The van der Waals surface area contributed by atoms with Crippen LogP contribution in [0.5, 0.6) is 0 Å². The Morgan fingerprint density at radius 1 is 0.609 bits per heavy atom. The van der Waals surface area contributed by atoms with Crippen LogP contribution in [0.1, 0.15) is 0 Å². The van der Waals surface area contributed by atoms with Gasteiger partial charge >= 0.3 is 0 Å². The topological polar surface area (TPSA) is 201 Å². The molecule has 0 aromatic rings. The molecule has 0 bridgehead atoms. The van der Waals surface area contributed by atoms with E-state index in [-0.39, 0.29) is 0 Å². The molecule has 0 amide bonds. The van der Waals surface area contributed by atoms with E-state index in [1.54, 1.807) is 0 Å². The van der Waals surface area contributed by atoms with Crippen molar-refractivity contribution < 1.29 is 55.4 Å². The maximum atomic E-state index is 9.85. The maximum Gasteiger partial charge on any atom is 0.187 e. The van der Waals surface area contributed by atoms with E-state index in [1.807, 2.05) is 0 Å². The van der Waals surface area contributed by atoms with Gasteiger partial charge < -0.3 is 55.4 Å². The second-order valence-corrected chi connectivity index (χ2v) is 5.75. The summed E-state index contributed by atoms with van der Waals surface area (Å²) < 4.78 is 10.2. The van der Waals surface area contributed by atoms with E-state index >= 15 is 0 Å². The minimum Gasteiger partial charge on any atom is -0.394 e. The van der Waals surface area contributed by atoms with Crippen molar-refractivity contribution in [1.29, 1.82) is 0 Å². The summed E-state index contributed by atoms with van der Waals surface area (Å²) in [5.74, 6) is 0. The smallest absolute Gasteiger partial charge is 0.187 e. The standard InChI is InChI=1S/C12H22O11/c13-1-2-3(14)4(15)10(21)12(22-2)23-11-8(19)6(17)5(16)7(18)9(11)20/h2-21H,1H2/t2-,3+,4+,5?,6-,7+,8+,9+,10-,11?,12?/m1/s1. The lowest BCUT2D eigenvalue weighted by Crippen LogP contribution is -2.67. The summed E-state index contributed by atoms with van der Waals surface area (Å²) in [5, 5.41) is 86.6. The molecule has 1 heterocycles. The highest BCUT2D eigenvalue weighted by Crippen LogP contribution is 2.29. The van der Waals surface area contributed by atoms with Gasteiger partial charge in [0.2, 0.25) is 0 Å². The molecule has 11 atom stereocenters. The van der Waals surface area contributed by atoms with E-state index < -0.39 is 73.9 Å². The van der Waals surface area contributed by atoms with Crippen molar-refractivity contribution in [3.8, 4) is 0 Å². The molecule has 11 nitrogen and oxygen atoms in total. The van der Waals surface area contributed by atoms with E-state index in [2.05, 4.69) is 0 Å². The SMILES string of the molecule is OC[C@H]1OC(OC2[C@@H](O)[C@H](O)C(O)[C@H](O)[C@@H]2O)[C@H](O)[C@@H](O)[C@H]1O. The molecule has 0 radical (unpaired) electrons. The fourth-order valence-electron chi connectivity index (χ4n) is 2.69. The molecule has 1 saturated carbocycles. The van der Waals surface area contributed by atoms with Crippen LogP contribution in [0.4, 0.5) is 0 Å². The normalized spacial score (nSPS) is 54.9. The second-order valence-electron chi connectivity index (χ2n) is 5.75. The van der Waals surface area contributed by atoms with Gasteiger partial charge in [0, 0.05) is 0 Å². The van der Waals surface area contributed by atoms with Gasteiger partial charge in [-0.15, -0.1) is 0 Å². The summed E-state index contributed by atoms with van der Waals surface area (Å²) >= 11 is 0. The van der Waals surface area contributed by atoms with Crippen LogP contribution in [0.15, 0.2) is 0 Å². The molecule has 3 unspecified atom stereocenters. The lowest BCUT2D eigenvalue weighted by Gasteiger charge is -2.45. The first-order valence-electron chi connectivity index (χ1n) is 7.07. The zero-order chi connectivity index (χ0) is 17.5. The van der Waals surface area contributed by atoms with Crippen LogP contribution in [0, 0.1) is 0 Å². The summed E-state index contributed by atoms with van der Waals surface area (Å²) in [4.78, 5) is 0. The molecule has 2 fully saturated rings. The van der Waals surface area contributed by atoms with Gasteiger partial charge in [0.15, 0.2) is 6.29 Å². The Labute approximate surface area is 130 Å². The summed E-state index contributed by atoms with van der Waals surface area (Å²) in [6, 6.07) is 0. The number of aliphatic hydroxyl groups is 9. The number of rotatable bonds is 3. The molecule has 136 valence electrons. The van der Waals surface area contributed by atoms with Gasteiger partial charge in [-0.2, -0.15) is 0 Å². The van der Waals surface area contributed by atoms with Crippen molar-refractivity contribution in [2.75, 3.05) is 6.61 Å². The van der Waals surface area contributed by atoms with Crippen molar-refractivity contribution in [3.05, 3.63) is 0 Å². The van der Waals surface area contributed by atoms with Crippen LogP contribution in [-0.2, 0) is 9.47 Å². The average molecular weight is 342 g/mol. The van der Waals surface area contributed by atoms with E-state index in [0.717, 1.165) is 0 Å². The largest absolute Gasteiger partial charge is 0.394 e. The first-order valence-corrected chi connectivity index (χ1v) is 7.07. The lowest BCUT2D eigenvalue weighted by molar-refractivity contribution is -0.339. The highest BCUT2D eigenvalue weighted by Gasteiger charge is 2.52. The molecule has 9 N–H and O–H groups in total. The quantitative estimate of drug-likeness (QED) is 0.236. The van der Waals surface area contributed by atoms with Crippen LogP contribution >= 0.6 is 0 Å². The number of hydrogen-bond acceptors (Lipinski definition) is 11. The molecular formula is C12H22O11. The summed E-state index contributed by atoms with van der Waals surface area (Å²) in [5.41, 5.74) is 0. The van der Waals surface area contributed by atoms with Crippen molar-refractivity contribution >= 4 is 0 Å². The van der Waals surface area contributed by atoms with Gasteiger partial charge in [-0.1, -0.05) is 0 Å². The van der Waals surface area contributed by atoms with Crippen molar-refractivity contribution in [2.45, 2.75) is 67.3 Å². The third-order valence-corrected chi connectivity index (χ3v) is 4.21. The molecule has 0 aromatic heterocycles. The van der Waals surface area contributed by atoms with Crippen LogP contribution in [0.25, 0.3) is 0 Å². The van der Waals surface area contributed by atoms with Gasteiger partial charge in [0.1, 0.15) is 61.0 Å². The fraction of sp³-hybridized carbons (Fsp3) is 1.00. The molecule has 2 aliphatic rings. The summed E-state index contributed by atoms with van der Waals surface area (Å²) in [6.07, 6.45) is -18.9. The van der Waals surface area contributed by atoms with Gasteiger partial charge in [0.05, 0.1) is 6.61 Å². The van der Waals surface area contributed by atoms with Crippen molar-refractivity contribution in [1.82, 2.24) is 0 Å². The van der Waals surface area contributed by atoms with Gasteiger partial charge in [-0.3, -0.25) is 0 Å². The Hall–Kier alpha value is -0.440. The zero-order valence-corrected chi connectivity index (χ0v) is 11.9. The zero-order valence-electron chi connectivity index (χ0n) is 11.9. The molecule has 0 spiro atoms. The van der Waals surface area contributed by atoms with E-state index in [1.165, 1.54) is 0 Å².